The van der Waals surface area contributed by atoms with Crippen LogP contribution >= 0.6 is 0 Å². The highest BCUT2D eigenvalue weighted by atomic mass is 13.8. The molecule has 0 spiro atoms. The summed E-state index contributed by atoms with van der Waals surface area (Å²) in [6.07, 6.45) is 5.68. The minimum Gasteiger partial charge on any atom is -0.119 e. The minimum absolute atomic E-state index is 0.0803. The van der Waals surface area contributed by atoms with Crippen LogP contribution in [0.5, 0.6) is 0 Å². The first-order valence-corrected chi connectivity index (χ1v) is 2.55. The van der Waals surface area contributed by atoms with Gasteiger partial charge in [-0.25, -0.2) is 0 Å². The predicted molar refractivity (Wildman–Crippen MR) is 35.7 cm³/mol. The molecule has 0 heteroatoms. The fourth-order valence-electron chi connectivity index (χ4n) is 0.267. The second kappa shape index (κ2) is 4.28. The van der Waals surface area contributed by atoms with Crippen molar-refractivity contribution in [1.29, 1.82) is 0 Å². The van der Waals surface area contributed by atoms with Gasteiger partial charge in [0.05, 0.1) is 5.92 Å². The Balaban J connectivity index is 3.56. The fraction of sp³-hybridized carbons (Fsp3) is 0.375. The molecule has 0 aliphatic heterocycles. The average Bonchev–Trinajstić information content (AvgIpc) is 1.83. The SMILES string of the molecule is C#CC(C)C#CC[CH2]. The summed E-state index contributed by atoms with van der Waals surface area (Å²) < 4.78 is 0. The molecule has 0 N–H and O–H groups in total. The van der Waals surface area contributed by atoms with Gasteiger partial charge in [0.25, 0.3) is 0 Å². The molecule has 0 rings (SSSR count). The topological polar surface area (TPSA) is 0 Å². The Labute approximate surface area is 51.3 Å². The van der Waals surface area contributed by atoms with Crippen LogP contribution in [0.2, 0.25) is 0 Å². The zero-order valence-electron chi connectivity index (χ0n) is 5.07. The first-order chi connectivity index (χ1) is 3.81. The summed E-state index contributed by atoms with van der Waals surface area (Å²) in [7, 11) is 0. The highest BCUT2D eigenvalue weighted by molar-refractivity contribution is 5.12. The first-order valence-electron chi connectivity index (χ1n) is 2.55. The third-order valence-corrected chi connectivity index (χ3v) is 0.694. The molecule has 1 unspecified atom stereocenters. The highest BCUT2D eigenvalue weighted by Gasteiger charge is 1.82. The van der Waals surface area contributed by atoms with Crippen LogP contribution in [0.3, 0.4) is 0 Å². The molecule has 0 saturated carbocycles. The molecule has 0 aromatic rings. The van der Waals surface area contributed by atoms with Crippen LogP contribution in [-0.2, 0) is 0 Å². The van der Waals surface area contributed by atoms with E-state index in [0.29, 0.717) is 6.42 Å². The van der Waals surface area contributed by atoms with E-state index in [1.165, 1.54) is 0 Å². The van der Waals surface area contributed by atoms with E-state index in [0.717, 1.165) is 0 Å². The number of terminal acetylenes is 1. The molecule has 0 saturated heterocycles. The van der Waals surface area contributed by atoms with Crippen LogP contribution in [0.25, 0.3) is 0 Å². The Morgan fingerprint density at radius 1 is 1.75 bits per heavy atom. The highest BCUT2D eigenvalue weighted by Crippen LogP contribution is 1.85. The van der Waals surface area contributed by atoms with E-state index < -0.39 is 0 Å². The lowest BCUT2D eigenvalue weighted by Crippen LogP contribution is -1.80. The van der Waals surface area contributed by atoms with Crippen LogP contribution in [0.15, 0.2) is 0 Å². The maximum absolute atomic E-state index is 5.04. The monoisotopic (exact) mass is 105 g/mol. The van der Waals surface area contributed by atoms with Crippen LogP contribution in [0.1, 0.15) is 13.3 Å². The smallest absolute Gasteiger partial charge is 0.0780 e. The van der Waals surface area contributed by atoms with Gasteiger partial charge in [-0.2, -0.15) is 0 Å². The standard InChI is InChI=1S/C8H9/c1-4-6-7-8(3)5-2/h2,8H,1,4H2,3H3. The lowest BCUT2D eigenvalue weighted by Gasteiger charge is -1.84. The van der Waals surface area contributed by atoms with E-state index in [4.69, 9.17) is 6.42 Å². The summed E-state index contributed by atoms with van der Waals surface area (Å²) in [5, 5.41) is 0. The molecule has 0 bridgehead atoms. The average molecular weight is 105 g/mol. The van der Waals surface area contributed by atoms with Gasteiger partial charge in [-0.1, -0.05) is 11.8 Å². The molecule has 0 aromatic heterocycles. The second-order valence-corrected chi connectivity index (χ2v) is 1.46. The summed E-state index contributed by atoms with van der Waals surface area (Å²) in [4.78, 5) is 0. The Morgan fingerprint density at radius 2 is 2.38 bits per heavy atom. The molecule has 0 aromatic carbocycles. The van der Waals surface area contributed by atoms with E-state index in [2.05, 4.69) is 24.7 Å². The molecular weight excluding hydrogens is 96.1 g/mol. The lowest BCUT2D eigenvalue weighted by atomic mass is 10.2. The predicted octanol–water partition coefficient (Wildman–Crippen LogP) is 1.48. The van der Waals surface area contributed by atoms with Crippen molar-refractivity contribution in [1.82, 2.24) is 0 Å². The summed E-state index contributed by atoms with van der Waals surface area (Å²) in [5.41, 5.74) is 0. The van der Waals surface area contributed by atoms with Gasteiger partial charge in [-0.15, -0.1) is 12.3 Å². The summed E-state index contributed by atoms with van der Waals surface area (Å²) in [5.74, 6) is 8.21. The number of hydrogen-bond acceptors (Lipinski definition) is 0. The molecule has 1 atom stereocenters. The van der Waals surface area contributed by atoms with Crippen molar-refractivity contribution in [3.05, 3.63) is 6.92 Å². The molecule has 0 fully saturated rings. The Kier molecular flexibility index (Phi) is 3.81. The zero-order chi connectivity index (χ0) is 6.41. The second-order valence-electron chi connectivity index (χ2n) is 1.46. The molecular formula is C8H9. The van der Waals surface area contributed by atoms with E-state index in [1.54, 1.807) is 0 Å². The molecule has 1 radical (unpaired) electrons. The van der Waals surface area contributed by atoms with Crippen LogP contribution < -0.4 is 0 Å². The van der Waals surface area contributed by atoms with Gasteiger partial charge in [0.2, 0.25) is 0 Å². The van der Waals surface area contributed by atoms with Crippen molar-refractivity contribution >= 4 is 0 Å². The third-order valence-electron chi connectivity index (χ3n) is 0.694. The minimum atomic E-state index is 0.0803. The van der Waals surface area contributed by atoms with Crippen LogP contribution in [0, 0.1) is 37.0 Å². The Hall–Kier alpha value is -0.880. The van der Waals surface area contributed by atoms with Gasteiger partial charge in [0.15, 0.2) is 0 Å². The Bertz CT molecular complexity index is 138. The van der Waals surface area contributed by atoms with Crippen molar-refractivity contribution in [2.24, 2.45) is 5.92 Å². The summed E-state index contributed by atoms with van der Waals surface area (Å²) in [6, 6.07) is 0. The quantitative estimate of drug-likeness (QED) is 0.409. The van der Waals surface area contributed by atoms with Gasteiger partial charge >= 0.3 is 0 Å². The molecule has 0 nitrogen and oxygen atoms in total. The van der Waals surface area contributed by atoms with Crippen molar-refractivity contribution in [3.8, 4) is 24.2 Å². The van der Waals surface area contributed by atoms with Crippen molar-refractivity contribution in [3.63, 3.8) is 0 Å². The third kappa shape index (κ3) is 3.32. The van der Waals surface area contributed by atoms with E-state index in [9.17, 15) is 0 Å². The summed E-state index contributed by atoms with van der Waals surface area (Å²) >= 11 is 0. The van der Waals surface area contributed by atoms with E-state index >= 15 is 0 Å². The number of rotatable bonds is 0. The molecule has 0 aliphatic rings. The van der Waals surface area contributed by atoms with Gasteiger partial charge in [0.1, 0.15) is 0 Å². The van der Waals surface area contributed by atoms with Crippen molar-refractivity contribution < 1.29 is 0 Å². The largest absolute Gasteiger partial charge is 0.119 e. The van der Waals surface area contributed by atoms with Crippen LogP contribution in [-0.4, -0.2) is 0 Å². The molecule has 0 amide bonds. The molecule has 41 valence electrons. The summed E-state index contributed by atoms with van der Waals surface area (Å²) in [6.45, 7) is 5.44. The molecule has 0 aliphatic carbocycles. The maximum Gasteiger partial charge on any atom is 0.0780 e. The van der Waals surface area contributed by atoms with Gasteiger partial charge in [0, 0.05) is 6.42 Å². The maximum atomic E-state index is 5.04. The van der Waals surface area contributed by atoms with E-state index in [1.807, 2.05) is 6.92 Å². The lowest BCUT2D eigenvalue weighted by molar-refractivity contribution is 1.02. The van der Waals surface area contributed by atoms with Crippen LogP contribution in [0.4, 0.5) is 0 Å². The Morgan fingerprint density at radius 3 is 2.75 bits per heavy atom. The fourth-order valence-corrected chi connectivity index (χ4v) is 0.267. The zero-order valence-corrected chi connectivity index (χ0v) is 5.07. The van der Waals surface area contributed by atoms with Crippen molar-refractivity contribution in [2.75, 3.05) is 0 Å². The van der Waals surface area contributed by atoms with Gasteiger partial charge in [-0.3, -0.25) is 0 Å². The normalized spacial score (nSPS) is 10.6. The molecule has 8 heavy (non-hydrogen) atoms. The van der Waals surface area contributed by atoms with E-state index in [-0.39, 0.29) is 5.92 Å². The van der Waals surface area contributed by atoms with Gasteiger partial charge in [-0.05, 0) is 13.8 Å². The first kappa shape index (κ1) is 7.12. The number of hydrogen-bond donors (Lipinski definition) is 0. The van der Waals surface area contributed by atoms with Gasteiger partial charge < -0.3 is 0 Å². The molecule has 0 heterocycles. The van der Waals surface area contributed by atoms with Crippen molar-refractivity contribution in [2.45, 2.75) is 13.3 Å².